The fraction of sp³-hybridized carbons (Fsp3) is 0.133. The molecule has 2 aromatic heterocycles. The zero-order valence-corrected chi connectivity index (χ0v) is 10.9. The van der Waals surface area contributed by atoms with Crippen LogP contribution in [-0.2, 0) is 0 Å². The zero-order valence-electron chi connectivity index (χ0n) is 10.9. The van der Waals surface area contributed by atoms with Crippen molar-refractivity contribution in [3.8, 4) is 11.4 Å². The molecule has 0 unspecified atom stereocenters. The van der Waals surface area contributed by atoms with Crippen molar-refractivity contribution in [3.63, 3.8) is 0 Å². The second-order valence-electron chi connectivity index (χ2n) is 4.52. The smallest absolute Gasteiger partial charge is 0.163 e. The van der Waals surface area contributed by atoms with E-state index in [1.165, 1.54) is 0 Å². The minimum Gasteiger partial charge on any atom is -0.383 e. The Morgan fingerprint density at radius 1 is 1.00 bits per heavy atom. The molecule has 0 fully saturated rings. The van der Waals surface area contributed by atoms with Gasteiger partial charge in [-0.25, -0.2) is 9.97 Å². The molecule has 3 aromatic rings. The number of aromatic nitrogens is 3. The molecule has 1 aromatic carbocycles. The van der Waals surface area contributed by atoms with Crippen molar-refractivity contribution in [3.05, 3.63) is 47.8 Å². The summed E-state index contributed by atoms with van der Waals surface area (Å²) in [7, 11) is 0. The Bertz CT molecular complexity index is 737. The van der Waals surface area contributed by atoms with Gasteiger partial charge in [0.25, 0.3) is 0 Å². The number of para-hydroxylation sites is 1. The Morgan fingerprint density at radius 2 is 1.79 bits per heavy atom. The van der Waals surface area contributed by atoms with Gasteiger partial charge in [-0.3, -0.25) is 4.98 Å². The number of nitrogens with two attached hydrogens (primary N) is 1. The van der Waals surface area contributed by atoms with Crippen molar-refractivity contribution < 1.29 is 0 Å². The van der Waals surface area contributed by atoms with Crippen molar-refractivity contribution >= 4 is 16.7 Å². The molecule has 3 rings (SSSR count). The highest BCUT2D eigenvalue weighted by molar-refractivity contribution is 5.91. The summed E-state index contributed by atoms with van der Waals surface area (Å²) in [6.07, 6.45) is 1.77. The number of hydrogen-bond acceptors (Lipinski definition) is 4. The van der Waals surface area contributed by atoms with E-state index in [4.69, 9.17) is 5.73 Å². The lowest BCUT2D eigenvalue weighted by Gasteiger charge is -2.08. The molecule has 0 radical (unpaired) electrons. The summed E-state index contributed by atoms with van der Waals surface area (Å²) in [6, 6.07) is 9.92. The molecular weight excluding hydrogens is 236 g/mol. The van der Waals surface area contributed by atoms with Gasteiger partial charge < -0.3 is 5.73 Å². The quantitative estimate of drug-likeness (QED) is 0.721. The van der Waals surface area contributed by atoms with E-state index in [9.17, 15) is 0 Å². The van der Waals surface area contributed by atoms with Crippen LogP contribution in [0.25, 0.3) is 22.3 Å². The highest BCUT2D eigenvalue weighted by Crippen LogP contribution is 2.26. The second kappa shape index (κ2) is 4.31. The monoisotopic (exact) mass is 250 g/mol. The van der Waals surface area contributed by atoms with Crippen LogP contribution in [0.15, 0.2) is 36.5 Å². The van der Waals surface area contributed by atoms with E-state index in [0.717, 1.165) is 27.7 Å². The van der Waals surface area contributed by atoms with Gasteiger partial charge in [-0.15, -0.1) is 0 Å². The van der Waals surface area contributed by atoms with E-state index >= 15 is 0 Å². The molecular formula is C15H14N4. The molecule has 0 atom stereocenters. The van der Waals surface area contributed by atoms with E-state index in [-0.39, 0.29) is 0 Å². The summed E-state index contributed by atoms with van der Waals surface area (Å²) < 4.78 is 0. The Labute approximate surface area is 111 Å². The molecule has 2 N–H and O–H groups in total. The first-order chi connectivity index (χ1) is 9.16. The maximum Gasteiger partial charge on any atom is 0.163 e. The normalized spacial score (nSPS) is 10.8. The van der Waals surface area contributed by atoms with Gasteiger partial charge in [0.15, 0.2) is 5.82 Å². The molecule has 0 aliphatic rings. The Hall–Kier alpha value is -2.49. The molecule has 19 heavy (non-hydrogen) atoms. The maximum atomic E-state index is 5.93. The van der Waals surface area contributed by atoms with Crippen molar-refractivity contribution in [2.75, 3.05) is 5.73 Å². The first kappa shape index (κ1) is 11.6. The van der Waals surface area contributed by atoms with Crippen LogP contribution in [0.1, 0.15) is 11.3 Å². The first-order valence-electron chi connectivity index (χ1n) is 6.11. The van der Waals surface area contributed by atoms with Crippen LogP contribution >= 0.6 is 0 Å². The summed E-state index contributed by atoms with van der Waals surface area (Å²) in [5.41, 5.74) is 9.56. The summed E-state index contributed by atoms with van der Waals surface area (Å²) in [5.74, 6) is 1.15. The molecule has 0 aliphatic heterocycles. The Balaban J connectivity index is 2.31. The van der Waals surface area contributed by atoms with Crippen LogP contribution in [0.4, 0.5) is 5.82 Å². The van der Waals surface area contributed by atoms with Gasteiger partial charge in [-0.05, 0) is 26.0 Å². The highest BCUT2D eigenvalue weighted by atomic mass is 15.0. The summed E-state index contributed by atoms with van der Waals surface area (Å²) in [5, 5.41) is 1.07. The molecule has 0 bridgehead atoms. The summed E-state index contributed by atoms with van der Waals surface area (Å²) in [4.78, 5) is 13.3. The van der Waals surface area contributed by atoms with Gasteiger partial charge in [-0.1, -0.05) is 18.2 Å². The average Bonchev–Trinajstić information content (AvgIpc) is 2.43. The molecule has 0 aliphatic carbocycles. The van der Waals surface area contributed by atoms with Crippen LogP contribution < -0.4 is 5.73 Å². The number of nitrogen functional groups attached to an aromatic ring is 1. The van der Waals surface area contributed by atoms with Crippen LogP contribution in [-0.4, -0.2) is 15.0 Å². The number of aryl methyl sites for hydroxylation is 1. The van der Waals surface area contributed by atoms with Gasteiger partial charge in [0.05, 0.1) is 5.52 Å². The van der Waals surface area contributed by atoms with Crippen LogP contribution in [0, 0.1) is 13.8 Å². The van der Waals surface area contributed by atoms with Crippen LogP contribution in [0.2, 0.25) is 0 Å². The number of anilines is 1. The van der Waals surface area contributed by atoms with Crippen molar-refractivity contribution in [2.24, 2.45) is 0 Å². The van der Waals surface area contributed by atoms with E-state index in [2.05, 4.69) is 15.0 Å². The summed E-state index contributed by atoms with van der Waals surface area (Å²) >= 11 is 0. The number of benzene rings is 1. The molecule has 4 nitrogen and oxygen atoms in total. The lowest BCUT2D eigenvalue weighted by Crippen LogP contribution is -2.02. The largest absolute Gasteiger partial charge is 0.383 e. The van der Waals surface area contributed by atoms with E-state index < -0.39 is 0 Å². The third-order valence-electron chi connectivity index (χ3n) is 3.30. The van der Waals surface area contributed by atoms with E-state index in [0.29, 0.717) is 11.6 Å². The lowest BCUT2D eigenvalue weighted by molar-refractivity contribution is 1.08. The van der Waals surface area contributed by atoms with Gasteiger partial charge in [-0.2, -0.15) is 0 Å². The topological polar surface area (TPSA) is 64.7 Å². The van der Waals surface area contributed by atoms with E-state index in [1.807, 2.05) is 44.2 Å². The molecule has 94 valence electrons. The Kier molecular flexibility index (Phi) is 2.63. The standard InChI is InChI=1S/C15H14N4/c1-9-10(2)18-15(19-14(9)16)12-7-3-5-11-6-4-8-17-13(11)12/h3-8H,1-2H3,(H2,16,18,19). The molecule has 0 saturated carbocycles. The predicted octanol–water partition coefficient (Wildman–Crippen LogP) is 2.89. The SMILES string of the molecule is Cc1nc(-c2cccc3cccnc23)nc(N)c1C. The van der Waals surface area contributed by atoms with Crippen molar-refractivity contribution in [1.82, 2.24) is 15.0 Å². The van der Waals surface area contributed by atoms with Crippen molar-refractivity contribution in [1.29, 1.82) is 0 Å². The minimum absolute atomic E-state index is 0.524. The first-order valence-corrected chi connectivity index (χ1v) is 6.11. The molecule has 2 heterocycles. The number of rotatable bonds is 1. The van der Waals surface area contributed by atoms with Gasteiger partial charge >= 0.3 is 0 Å². The molecule has 0 amide bonds. The molecule has 0 spiro atoms. The average molecular weight is 250 g/mol. The number of nitrogens with zero attached hydrogens (tertiary/aromatic N) is 3. The zero-order chi connectivity index (χ0) is 13.4. The number of hydrogen-bond donors (Lipinski definition) is 1. The maximum absolute atomic E-state index is 5.93. The number of fused-ring (bicyclic) bond motifs is 1. The van der Waals surface area contributed by atoms with Gasteiger partial charge in [0.2, 0.25) is 0 Å². The lowest BCUT2D eigenvalue weighted by atomic mass is 10.1. The fourth-order valence-electron chi connectivity index (χ4n) is 2.06. The highest BCUT2D eigenvalue weighted by Gasteiger charge is 2.10. The molecule has 0 saturated heterocycles. The third-order valence-corrected chi connectivity index (χ3v) is 3.30. The van der Waals surface area contributed by atoms with Crippen LogP contribution in [0.5, 0.6) is 0 Å². The Morgan fingerprint density at radius 3 is 2.58 bits per heavy atom. The van der Waals surface area contributed by atoms with Crippen molar-refractivity contribution in [2.45, 2.75) is 13.8 Å². The van der Waals surface area contributed by atoms with Gasteiger partial charge in [0.1, 0.15) is 5.82 Å². The summed E-state index contributed by atoms with van der Waals surface area (Å²) in [6.45, 7) is 3.87. The van der Waals surface area contributed by atoms with E-state index in [1.54, 1.807) is 6.20 Å². The third kappa shape index (κ3) is 1.91. The fourth-order valence-corrected chi connectivity index (χ4v) is 2.06. The van der Waals surface area contributed by atoms with Gasteiger partial charge in [0, 0.05) is 28.4 Å². The molecule has 4 heteroatoms. The number of pyridine rings is 1. The minimum atomic E-state index is 0.524. The van der Waals surface area contributed by atoms with Crippen LogP contribution in [0.3, 0.4) is 0 Å². The predicted molar refractivity (Wildman–Crippen MR) is 76.7 cm³/mol. The second-order valence-corrected chi connectivity index (χ2v) is 4.52.